The van der Waals surface area contributed by atoms with Crippen LogP contribution in [0, 0.1) is 0 Å². The van der Waals surface area contributed by atoms with Gasteiger partial charge in [-0.25, -0.2) is 4.98 Å². The maximum Gasteiger partial charge on any atom is 0.263 e. The molecule has 0 aliphatic carbocycles. The number of nitrogens with zero attached hydrogens (tertiary/aromatic N) is 3. The van der Waals surface area contributed by atoms with Crippen molar-refractivity contribution in [2.75, 3.05) is 0 Å². The second kappa shape index (κ2) is 4.96. The molecule has 0 spiro atoms. The molecule has 2 aromatic heterocycles. The van der Waals surface area contributed by atoms with Gasteiger partial charge in [0.2, 0.25) is 0 Å². The summed E-state index contributed by atoms with van der Waals surface area (Å²) in [6.45, 7) is 0. The highest BCUT2D eigenvalue weighted by Gasteiger charge is 2.14. The lowest BCUT2D eigenvalue weighted by atomic mass is 10.1. The number of rotatable bonds is 2. The molecule has 22 heavy (non-hydrogen) atoms. The Morgan fingerprint density at radius 1 is 1.09 bits per heavy atom. The summed E-state index contributed by atoms with van der Waals surface area (Å²) >= 11 is 0. The Morgan fingerprint density at radius 2 is 1.95 bits per heavy atom. The quantitative estimate of drug-likeness (QED) is 0.567. The van der Waals surface area contributed by atoms with Crippen LogP contribution in [0.2, 0.25) is 0 Å². The van der Waals surface area contributed by atoms with Crippen molar-refractivity contribution < 1.29 is 9.32 Å². The predicted molar refractivity (Wildman–Crippen MR) is 81.4 cm³/mol. The van der Waals surface area contributed by atoms with Gasteiger partial charge in [-0.1, -0.05) is 35.5 Å². The summed E-state index contributed by atoms with van der Waals surface area (Å²) in [5.74, 6) is 0.524. The Balaban J connectivity index is 1.85. The molecule has 4 aromatic rings. The van der Waals surface area contributed by atoms with E-state index >= 15 is 0 Å². The summed E-state index contributed by atoms with van der Waals surface area (Å²) in [7, 11) is 0. The summed E-state index contributed by atoms with van der Waals surface area (Å²) in [5, 5.41) is 4.87. The van der Waals surface area contributed by atoms with E-state index in [1.165, 1.54) is 10.9 Å². The van der Waals surface area contributed by atoms with Gasteiger partial charge in [-0.05, 0) is 18.2 Å². The average molecular weight is 289 g/mol. The number of fused-ring (bicyclic) bond motifs is 1. The molecule has 0 atom stereocenters. The van der Waals surface area contributed by atoms with Gasteiger partial charge < -0.3 is 4.52 Å². The van der Waals surface area contributed by atoms with Crippen molar-refractivity contribution in [2.24, 2.45) is 0 Å². The lowest BCUT2D eigenvalue weighted by molar-refractivity contribution is 0.0960. The maximum absolute atomic E-state index is 12.4. The minimum absolute atomic E-state index is 0.139. The molecule has 4 rings (SSSR count). The molecule has 0 bridgehead atoms. The zero-order chi connectivity index (χ0) is 14.9. The second-order valence-corrected chi connectivity index (χ2v) is 4.88. The van der Waals surface area contributed by atoms with Crippen molar-refractivity contribution in [1.29, 1.82) is 0 Å². The fraction of sp³-hybridized carbons (Fsp3) is 0. The lowest BCUT2D eigenvalue weighted by Gasteiger charge is -2.01. The van der Waals surface area contributed by atoms with Crippen LogP contribution in [0.5, 0.6) is 0 Å². The van der Waals surface area contributed by atoms with Crippen LogP contribution in [0.4, 0.5) is 0 Å². The average Bonchev–Trinajstić information content (AvgIpc) is 3.24. The number of imidazole rings is 1. The van der Waals surface area contributed by atoms with E-state index in [-0.39, 0.29) is 5.91 Å². The van der Waals surface area contributed by atoms with Gasteiger partial charge in [0, 0.05) is 23.5 Å². The van der Waals surface area contributed by atoms with Gasteiger partial charge in [0.15, 0.2) is 5.76 Å². The molecule has 0 fully saturated rings. The van der Waals surface area contributed by atoms with E-state index < -0.39 is 0 Å². The normalized spacial score (nSPS) is 10.9. The second-order valence-electron chi connectivity index (χ2n) is 4.88. The van der Waals surface area contributed by atoms with E-state index in [1.807, 2.05) is 30.3 Å². The molecule has 2 aromatic carbocycles. The summed E-state index contributed by atoms with van der Waals surface area (Å²) in [5.41, 5.74) is 2.21. The summed E-state index contributed by atoms with van der Waals surface area (Å²) in [6.07, 6.45) is 4.68. The highest BCUT2D eigenvalue weighted by Crippen LogP contribution is 2.29. The highest BCUT2D eigenvalue weighted by molar-refractivity contribution is 6.01. The maximum atomic E-state index is 12.4. The summed E-state index contributed by atoms with van der Waals surface area (Å²) in [4.78, 5) is 16.3. The third kappa shape index (κ3) is 2.00. The third-order valence-electron chi connectivity index (χ3n) is 3.50. The minimum atomic E-state index is -0.139. The fourth-order valence-electron chi connectivity index (χ4n) is 2.40. The summed E-state index contributed by atoms with van der Waals surface area (Å²) < 4.78 is 6.89. The fourth-order valence-corrected chi connectivity index (χ4v) is 2.40. The Bertz CT molecular complexity index is 941. The van der Waals surface area contributed by atoms with Crippen molar-refractivity contribution in [3.05, 3.63) is 72.8 Å². The van der Waals surface area contributed by atoms with Crippen molar-refractivity contribution in [3.63, 3.8) is 0 Å². The van der Waals surface area contributed by atoms with Crippen LogP contribution < -0.4 is 0 Å². The van der Waals surface area contributed by atoms with Crippen molar-refractivity contribution in [1.82, 2.24) is 14.7 Å². The smallest absolute Gasteiger partial charge is 0.263 e. The van der Waals surface area contributed by atoms with Crippen LogP contribution >= 0.6 is 0 Å². The van der Waals surface area contributed by atoms with Gasteiger partial charge in [-0.2, -0.15) is 0 Å². The predicted octanol–water partition coefficient (Wildman–Crippen LogP) is 3.38. The molecular weight excluding hydrogens is 278 g/mol. The van der Waals surface area contributed by atoms with Crippen LogP contribution in [0.15, 0.2) is 71.8 Å². The molecule has 5 nitrogen and oxygen atoms in total. The summed E-state index contributed by atoms with van der Waals surface area (Å²) in [6, 6.07) is 15.0. The van der Waals surface area contributed by atoms with E-state index in [0.29, 0.717) is 11.3 Å². The first kappa shape index (κ1) is 12.5. The molecule has 0 aliphatic rings. The highest BCUT2D eigenvalue weighted by atomic mass is 16.5. The molecule has 106 valence electrons. The largest absolute Gasteiger partial charge is 0.355 e. The van der Waals surface area contributed by atoms with Crippen molar-refractivity contribution >= 4 is 16.8 Å². The molecule has 0 amide bonds. The van der Waals surface area contributed by atoms with Crippen molar-refractivity contribution in [3.8, 4) is 11.3 Å². The zero-order valence-electron chi connectivity index (χ0n) is 11.5. The molecule has 0 aliphatic heterocycles. The Morgan fingerprint density at radius 3 is 2.73 bits per heavy atom. The van der Waals surface area contributed by atoms with Gasteiger partial charge in [0.05, 0.1) is 5.39 Å². The number of hydrogen-bond acceptors (Lipinski definition) is 4. The number of benzene rings is 2. The number of carbonyl (C=O) groups excluding carboxylic acids is 1. The molecule has 0 saturated heterocycles. The van der Waals surface area contributed by atoms with Crippen LogP contribution in [-0.4, -0.2) is 20.6 Å². The third-order valence-corrected chi connectivity index (χ3v) is 3.50. The van der Waals surface area contributed by atoms with E-state index in [9.17, 15) is 4.79 Å². The number of hydrogen-bond donors (Lipinski definition) is 0. The van der Waals surface area contributed by atoms with Gasteiger partial charge in [0.1, 0.15) is 11.8 Å². The van der Waals surface area contributed by atoms with Crippen LogP contribution in [-0.2, 0) is 0 Å². The van der Waals surface area contributed by atoms with Crippen LogP contribution in [0.3, 0.4) is 0 Å². The van der Waals surface area contributed by atoms with E-state index in [4.69, 9.17) is 4.52 Å². The van der Waals surface area contributed by atoms with E-state index in [2.05, 4.69) is 10.1 Å². The molecule has 0 radical (unpaired) electrons. The lowest BCUT2D eigenvalue weighted by Crippen LogP contribution is -2.09. The first-order chi connectivity index (χ1) is 10.8. The SMILES string of the molecule is O=C(c1ccc2noc(-c3ccccc3)c2c1)n1ccnc1. The first-order valence-electron chi connectivity index (χ1n) is 6.80. The van der Waals surface area contributed by atoms with Gasteiger partial charge >= 0.3 is 0 Å². The monoisotopic (exact) mass is 289 g/mol. The van der Waals surface area contributed by atoms with Crippen LogP contribution in [0.1, 0.15) is 10.4 Å². The Kier molecular flexibility index (Phi) is 2.83. The van der Waals surface area contributed by atoms with Gasteiger partial charge in [-0.15, -0.1) is 0 Å². The molecular formula is C17H11N3O2. The molecule has 2 heterocycles. The van der Waals surface area contributed by atoms with Gasteiger partial charge in [-0.3, -0.25) is 9.36 Å². The number of aromatic nitrogens is 3. The standard InChI is InChI=1S/C17H11N3O2/c21-17(20-9-8-18-11-20)13-6-7-15-14(10-13)16(22-19-15)12-4-2-1-3-5-12/h1-11H. The van der Waals surface area contributed by atoms with E-state index in [0.717, 1.165) is 16.5 Å². The Labute approximate surface area is 125 Å². The van der Waals surface area contributed by atoms with E-state index in [1.54, 1.807) is 30.6 Å². The van der Waals surface area contributed by atoms with Crippen molar-refractivity contribution in [2.45, 2.75) is 0 Å². The van der Waals surface area contributed by atoms with Crippen LogP contribution in [0.25, 0.3) is 22.2 Å². The minimum Gasteiger partial charge on any atom is -0.355 e. The van der Waals surface area contributed by atoms with Gasteiger partial charge in [0.25, 0.3) is 5.91 Å². The molecule has 5 heteroatoms. The zero-order valence-corrected chi connectivity index (χ0v) is 11.5. The first-order valence-corrected chi connectivity index (χ1v) is 6.80. The topological polar surface area (TPSA) is 60.9 Å². The molecule has 0 unspecified atom stereocenters. The molecule has 0 N–H and O–H groups in total. The molecule has 0 saturated carbocycles. The number of carbonyl (C=O) groups is 1. The Hall–Kier alpha value is -3.21.